The molecular weight excluding hydrogens is 336 g/mol. The Morgan fingerprint density at radius 1 is 1.04 bits per heavy atom. The number of nitrogens with one attached hydrogen (secondary N) is 1. The molecule has 4 heteroatoms. The third-order valence-corrected chi connectivity index (χ3v) is 5.95. The number of hydrogen-bond acceptors (Lipinski definition) is 3. The predicted octanol–water partition coefficient (Wildman–Crippen LogP) is 2.34. The maximum Gasteiger partial charge on any atom is 0.255 e. The summed E-state index contributed by atoms with van der Waals surface area (Å²) in [7, 11) is 0. The lowest BCUT2D eigenvalue weighted by Crippen LogP contribution is -2.59. The molecule has 2 aliphatic rings. The quantitative estimate of drug-likeness (QED) is 0.827. The minimum Gasteiger partial charge on any atom is -0.379 e. The summed E-state index contributed by atoms with van der Waals surface area (Å²) in [4.78, 5) is 14.8. The van der Waals surface area contributed by atoms with Crippen LogP contribution in [0, 0.1) is 0 Å². The van der Waals surface area contributed by atoms with Crippen LogP contribution in [0.3, 0.4) is 0 Å². The monoisotopic (exact) mass is 364 g/mol. The SMILES string of the molecule is O=C1N(CCc2ccccc2)CCC[C@]1(O)CNC1Cc2ccccc2C1. The van der Waals surface area contributed by atoms with Crippen LogP contribution in [0.4, 0.5) is 0 Å². The van der Waals surface area contributed by atoms with Gasteiger partial charge >= 0.3 is 0 Å². The molecule has 0 radical (unpaired) electrons. The van der Waals surface area contributed by atoms with Gasteiger partial charge in [-0.1, -0.05) is 54.6 Å². The van der Waals surface area contributed by atoms with Gasteiger partial charge < -0.3 is 15.3 Å². The van der Waals surface area contributed by atoms with E-state index in [0.29, 0.717) is 25.6 Å². The van der Waals surface area contributed by atoms with E-state index in [1.807, 2.05) is 23.1 Å². The lowest BCUT2D eigenvalue weighted by Gasteiger charge is -2.39. The molecule has 0 unspecified atom stereocenters. The fourth-order valence-electron chi connectivity index (χ4n) is 4.37. The third kappa shape index (κ3) is 4.07. The standard InChI is InChI=1S/C23H28N2O2/c26-22-23(27,17-24-21-15-19-9-4-5-10-20(19)16-21)12-6-13-25(22)14-11-18-7-2-1-3-8-18/h1-5,7-10,21,24,27H,6,11-17H2/t23-/m0/s1. The highest BCUT2D eigenvalue weighted by Gasteiger charge is 2.42. The molecule has 1 atom stereocenters. The Balaban J connectivity index is 1.32. The van der Waals surface area contributed by atoms with Crippen molar-refractivity contribution in [3.05, 3.63) is 71.3 Å². The van der Waals surface area contributed by atoms with Crippen molar-refractivity contribution in [2.45, 2.75) is 43.7 Å². The summed E-state index contributed by atoms with van der Waals surface area (Å²) in [6, 6.07) is 19.0. The molecule has 2 aromatic rings. The minimum atomic E-state index is -1.27. The van der Waals surface area contributed by atoms with Gasteiger partial charge in [0.2, 0.25) is 0 Å². The molecule has 0 aromatic heterocycles. The molecule has 1 amide bonds. The number of hydrogen-bond donors (Lipinski definition) is 2. The van der Waals surface area contributed by atoms with Crippen molar-refractivity contribution in [1.29, 1.82) is 0 Å². The van der Waals surface area contributed by atoms with Crippen molar-refractivity contribution >= 4 is 5.91 Å². The zero-order valence-electron chi connectivity index (χ0n) is 15.7. The lowest BCUT2D eigenvalue weighted by atomic mass is 9.91. The van der Waals surface area contributed by atoms with E-state index < -0.39 is 5.60 Å². The van der Waals surface area contributed by atoms with Gasteiger partial charge in [-0.05, 0) is 48.8 Å². The predicted molar refractivity (Wildman–Crippen MR) is 107 cm³/mol. The summed E-state index contributed by atoms with van der Waals surface area (Å²) in [5.74, 6) is -0.118. The first-order chi connectivity index (χ1) is 13.1. The molecule has 4 nitrogen and oxygen atoms in total. The minimum absolute atomic E-state index is 0.118. The second-order valence-electron chi connectivity index (χ2n) is 7.92. The molecule has 1 fully saturated rings. The molecule has 2 N–H and O–H groups in total. The van der Waals surface area contributed by atoms with Crippen LogP contribution in [-0.2, 0) is 24.1 Å². The first-order valence-corrected chi connectivity index (χ1v) is 10.00. The van der Waals surface area contributed by atoms with Gasteiger partial charge in [-0.25, -0.2) is 0 Å². The number of aliphatic hydroxyl groups is 1. The topological polar surface area (TPSA) is 52.6 Å². The fraction of sp³-hybridized carbons (Fsp3) is 0.435. The lowest BCUT2D eigenvalue weighted by molar-refractivity contribution is -0.156. The Morgan fingerprint density at radius 3 is 2.41 bits per heavy atom. The van der Waals surface area contributed by atoms with E-state index in [4.69, 9.17) is 0 Å². The zero-order chi connectivity index (χ0) is 18.7. The number of carbonyl (C=O) groups excluding carboxylic acids is 1. The smallest absolute Gasteiger partial charge is 0.255 e. The van der Waals surface area contributed by atoms with Crippen molar-refractivity contribution in [2.24, 2.45) is 0 Å². The maximum atomic E-state index is 12.9. The van der Waals surface area contributed by atoms with Crippen LogP contribution < -0.4 is 5.32 Å². The molecule has 1 heterocycles. The number of fused-ring (bicyclic) bond motifs is 1. The molecule has 0 spiro atoms. The van der Waals surface area contributed by atoms with Crippen LogP contribution in [0.5, 0.6) is 0 Å². The molecule has 142 valence electrons. The van der Waals surface area contributed by atoms with Gasteiger partial charge in [0.05, 0.1) is 0 Å². The number of benzene rings is 2. The van der Waals surface area contributed by atoms with Crippen molar-refractivity contribution in [3.8, 4) is 0 Å². The van der Waals surface area contributed by atoms with Crippen molar-refractivity contribution in [3.63, 3.8) is 0 Å². The summed E-state index contributed by atoms with van der Waals surface area (Å²) < 4.78 is 0. The summed E-state index contributed by atoms with van der Waals surface area (Å²) in [5.41, 5.74) is 2.70. The van der Waals surface area contributed by atoms with Crippen LogP contribution in [0.15, 0.2) is 54.6 Å². The molecule has 2 aromatic carbocycles. The maximum absolute atomic E-state index is 12.9. The van der Waals surface area contributed by atoms with Crippen molar-refractivity contribution < 1.29 is 9.90 Å². The largest absolute Gasteiger partial charge is 0.379 e. The summed E-state index contributed by atoms with van der Waals surface area (Å²) in [6.45, 7) is 1.75. The van der Waals surface area contributed by atoms with E-state index in [-0.39, 0.29) is 5.91 Å². The second-order valence-corrected chi connectivity index (χ2v) is 7.92. The van der Waals surface area contributed by atoms with Crippen molar-refractivity contribution in [1.82, 2.24) is 10.2 Å². The van der Waals surface area contributed by atoms with E-state index >= 15 is 0 Å². The average Bonchev–Trinajstić information content (AvgIpc) is 3.12. The Bertz CT molecular complexity index is 767. The molecule has 27 heavy (non-hydrogen) atoms. The summed E-state index contributed by atoms with van der Waals surface area (Å²) >= 11 is 0. The van der Waals surface area contributed by atoms with Gasteiger partial charge in [0, 0.05) is 25.7 Å². The van der Waals surface area contributed by atoms with Gasteiger partial charge in [0.25, 0.3) is 5.91 Å². The van der Waals surface area contributed by atoms with E-state index in [9.17, 15) is 9.90 Å². The van der Waals surface area contributed by atoms with Gasteiger partial charge in [0.15, 0.2) is 5.60 Å². The summed E-state index contributed by atoms with van der Waals surface area (Å²) in [6.07, 6.45) is 4.16. The molecular formula is C23H28N2O2. The normalized spacial score (nSPS) is 22.9. The Kier molecular flexibility index (Phi) is 5.28. The van der Waals surface area contributed by atoms with Crippen molar-refractivity contribution in [2.75, 3.05) is 19.6 Å². The highest BCUT2D eigenvalue weighted by molar-refractivity contribution is 5.86. The molecule has 1 aliphatic heterocycles. The summed E-state index contributed by atoms with van der Waals surface area (Å²) in [5, 5.41) is 14.5. The number of nitrogens with zero attached hydrogens (tertiary/aromatic N) is 1. The van der Waals surface area contributed by atoms with Gasteiger partial charge in [-0.2, -0.15) is 0 Å². The Morgan fingerprint density at radius 2 is 1.70 bits per heavy atom. The Hall–Kier alpha value is -2.17. The number of likely N-dealkylation sites (tertiary alicyclic amines) is 1. The first kappa shape index (κ1) is 18.2. The average molecular weight is 364 g/mol. The number of piperidine rings is 1. The molecule has 1 aliphatic carbocycles. The third-order valence-electron chi connectivity index (χ3n) is 5.95. The molecule has 1 saturated heterocycles. The van der Waals surface area contributed by atoms with Gasteiger partial charge in [-0.3, -0.25) is 4.79 Å². The van der Waals surface area contributed by atoms with Gasteiger partial charge in [-0.15, -0.1) is 0 Å². The first-order valence-electron chi connectivity index (χ1n) is 10.00. The number of amides is 1. The van der Waals surface area contributed by atoms with Crippen LogP contribution in [0.1, 0.15) is 29.5 Å². The van der Waals surface area contributed by atoms with Crippen LogP contribution in [0.25, 0.3) is 0 Å². The van der Waals surface area contributed by atoms with E-state index in [0.717, 1.165) is 32.2 Å². The van der Waals surface area contributed by atoms with Crippen LogP contribution in [0.2, 0.25) is 0 Å². The van der Waals surface area contributed by atoms with Crippen LogP contribution >= 0.6 is 0 Å². The Labute approximate surface area is 161 Å². The number of rotatable bonds is 6. The highest BCUT2D eigenvalue weighted by atomic mass is 16.3. The van der Waals surface area contributed by atoms with Gasteiger partial charge in [0.1, 0.15) is 0 Å². The molecule has 4 rings (SSSR count). The van der Waals surface area contributed by atoms with E-state index in [1.165, 1.54) is 16.7 Å². The van der Waals surface area contributed by atoms with E-state index in [2.05, 4.69) is 41.7 Å². The zero-order valence-corrected chi connectivity index (χ0v) is 15.7. The molecule has 0 bridgehead atoms. The fourth-order valence-corrected chi connectivity index (χ4v) is 4.37. The number of carbonyl (C=O) groups is 1. The molecule has 0 saturated carbocycles. The second kappa shape index (κ2) is 7.83. The highest BCUT2D eigenvalue weighted by Crippen LogP contribution is 2.25. The van der Waals surface area contributed by atoms with E-state index in [1.54, 1.807) is 0 Å². The van der Waals surface area contributed by atoms with Crippen LogP contribution in [-0.4, -0.2) is 47.2 Å².